The number of halogens is 1. The Morgan fingerprint density at radius 2 is 1.85 bits per heavy atom. The topological polar surface area (TPSA) is 82.2 Å². The van der Waals surface area contributed by atoms with Gasteiger partial charge in [-0.1, -0.05) is 18.2 Å². The lowest BCUT2D eigenvalue weighted by Gasteiger charge is -2.29. The van der Waals surface area contributed by atoms with Gasteiger partial charge >= 0.3 is 6.03 Å². The van der Waals surface area contributed by atoms with Gasteiger partial charge in [0, 0.05) is 37.8 Å². The summed E-state index contributed by atoms with van der Waals surface area (Å²) in [6, 6.07) is 12.4. The van der Waals surface area contributed by atoms with E-state index in [0.717, 1.165) is 48.0 Å². The molecule has 8 heteroatoms. The van der Waals surface area contributed by atoms with E-state index in [9.17, 15) is 9.18 Å². The van der Waals surface area contributed by atoms with Crippen LogP contribution in [0.25, 0.3) is 10.9 Å². The lowest BCUT2D eigenvalue weighted by atomic mass is 9.86. The Kier molecular flexibility index (Phi) is 6.91. The fourth-order valence-electron chi connectivity index (χ4n) is 4.29. The molecule has 0 saturated heterocycles. The summed E-state index contributed by atoms with van der Waals surface area (Å²) in [4.78, 5) is 23.7. The van der Waals surface area contributed by atoms with Gasteiger partial charge in [-0.2, -0.15) is 4.98 Å². The predicted octanol–water partition coefficient (Wildman–Crippen LogP) is 4.94. The Hall–Kier alpha value is -3.42. The second-order valence-corrected chi connectivity index (χ2v) is 8.94. The molecule has 33 heavy (non-hydrogen) atoms. The van der Waals surface area contributed by atoms with E-state index in [1.54, 1.807) is 6.07 Å². The van der Waals surface area contributed by atoms with Crippen LogP contribution in [0.5, 0.6) is 0 Å². The highest BCUT2D eigenvalue weighted by Gasteiger charge is 2.23. The molecule has 1 aliphatic rings. The lowest BCUT2D eigenvalue weighted by molar-refractivity contribution is 0.246. The number of urea groups is 1. The maximum absolute atomic E-state index is 13.4. The monoisotopic (exact) mass is 450 g/mol. The number of hydrogen-bond acceptors (Lipinski definition) is 5. The summed E-state index contributed by atoms with van der Waals surface area (Å²) >= 11 is 0. The van der Waals surface area contributed by atoms with Crippen LogP contribution in [-0.4, -0.2) is 42.7 Å². The zero-order valence-corrected chi connectivity index (χ0v) is 19.4. The van der Waals surface area contributed by atoms with Crippen molar-refractivity contribution in [1.29, 1.82) is 0 Å². The van der Waals surface area contributed by atoms with Gasteiger partial charge in [0.05, 0.1) is 5.52 Å². The Bertz CT molecular complexity index is 1130. The van der Waals surface area contributed by atoms with Gasteiger partial charge < -0.3 is 20.9 Å². The molecular formula is C25H31FN6O. The van der Waals surface area contributed by atoms with Gasteiger partial charge in [0.15, 0.2) is 0 Å². The molecule has 1 fully saturated rings. The van der Waals surface area contributed by atoms with E-state index in [1.165, 1.54) is 12.1 Å². The average molecular weight is 451 g/mol. The van der Waals surface area contributed by atoms with Crippen LogP contribution in [0.3, 0.4) is 0 Å². The standard InChI is InChI=1S/C25H31FN6O/c1-16-8-11-18(26)14-22(16)30-25(33)27-15-17-9-12-19(13-10-17)28-24-29-21-7-5-4-6-20(21)23(31-24)32(2)3/h4-8,11,14,17,19H,9-10,12-13,15H2,1-3H3,(H2,27,30,33)(H,28,29,31). The minimum absolute atomic E-state index is 0.301. The van der Waals surface area contributed by atoms with Crippen molar-refractivity contribution in [3.8, 4) is 0 Å². The third-order valence-electron chi connectivity index (χ3n) is 6.19. The Morgan fingerprint density at radius 3 is 2.61 bits per heavy atom. The molecule has 7 nitrogen and oxygen atoms in total. The molecule has 0 aliphatic heterocycles. The van der Waals surface area contributed by atoms with Crippen LogP contribution in [0.2, 0.25) is 0 Å². The zero-order valence-electron chi connectivity index (χ0n) is 19.4. The average Bonchev–Trinajstić information content (AvgIpc) is 2.80. The van der Waals surface area contributed by atoms with Crippen molar-refractivity contribution in [2.75, 3.05) is 36.2 Å². The first-order valence-corrected chi connectivity index (χ1v) is 11.4. The molecule has 4 rings (SSSR count). The van der Waals surface area contributed by atoms with Gasteiger partial charge in [0.2, 0.25) is 5.95 Å². The van der Waals surface area contributed by atoms with Crippen LogP contribution in [0.15, 0.2) is 42.5 Å². The summed E-state index contributed by atoms with van der Waals surface area (Å²) in [5, 5.41) is 10.2. The SMILES string of the molecule is Cc1ccc(F)cc1NC(=O)NCC1CCC(Nc2nc(N(C)C)c3ccccc3n2)CC1. The molecule has 3 N–H and O–H groups in total. The van der Waals surface area contributed by atoms with Crippen LogP contribution in [0.4, 0.5) is 26.6 Å². The highest BCUT2D eigenvalue weighted by Crippen LogP contribution is 2.28. The highest BCUT2D eigenvalue weighted by molar-refractivity contribution is 5.90. The second-order valence-electron chi connectivity index (χ2n) is 8.94. The quantitative estimate of drug-likeness (QED) is 0.496. The predicted molar refractivity (Wildman–Crippen MR) is 131 cm³/mol. The van der Waals surface area contributed by atoms with Crippen molar-refractivity contribution >= 4 is 34.4 Å². The number of amides is 2. The first kappa shape index (κ1) is 22.8. The van der Waals surface area contributed by atoms with Crippen molar-refractivity contribution in [3.05, 3.63) is 53.8 Å². The van der Waals surface area contributed by atoms with E-state index < -0.39 is 0 Å². The number of nitrogens with zero attached hydrogens (tertiary/aromatic N) is 3. The van der Waals surface area contributed by atoms with Gasteiger partial charge in [-0.3, -0.25) is 0 Å². The third-order valence-corrected chi connectivity index (χ3v) is 6.19. The summed E-state index contributed by atoms with van der Waals surface area (Å²) in [5.74, 6) is 1.61. The van der Waals surface area contributed by atoms with Crippen LogP contribution < -0.4 is 20.9 Å². The number of aromatic nitrogens is 2. The minimum Gasteiger partial charge on any atom is -0.362 e. The number of anilines is 3. The van der Waals surface area contributed by atoms with Gasteiger partial charge in [-0.25, -0.2) is 14.2 Å². The Balaban J connectivity index is 1.28. The molecule has 1 aliphatic carbocycles. The largest absolute Gasteiger partial charge is 0.362 e. The summed E-state index contributed by atoms with van der Waals surface area (Å²) in [5.41, 5.74) is 2.25. The van der Waals surface area contributed by atoms with Gasteiger partial charge in [0.1, 0.15) is 11.6 Å². The molecule has 2 amide bonds. The number of aryl methyl sites for hydroxylation is 1. The zero-order chi connectivity index (χ0) is 23.4. The van der Waals surface area contributed by atoms with E-state index in [4.69, 9.17) is 9.97 Å². The van der Waals surface area contributed by atoms with Crippen molar-refractivity contribution < 1.29 is 9.18 Å². The van der Waals surface area contributed by atoms with Gasteiger partial charge in [-0.15, -0.1) is 0 Å². The second kappa shape index (κ2) is 10.0. The van der Waals surface area contributed by atoms with E-state index in [0.29, 0.717) is 30.1 Å². The van der Waals surface area contributed by atoms with Crippen LogP contribution >= 0.6 is 0 Å². The fraction of sp³-hybridized carbons (Fsp3) is 0.400. The minimum atomic E-state index is -0.366. The van der Waals surface area contributed by atoms with Crippen molar-refractivity contribution in [3.63, 3.8) is 0 Å². The molecule has 174 valence electrons. The summed E-state index contributed by atoms with van der Waals surface area (Å²) in [6.07, 6.45) is 3.99. The summed E-state index contributed by atoms with van der Waals surface area (Å²) in [6.45, 7) is 2.44. The summed E-state index contributed by atoms with van der Waals surface area (Å²) < 4.78 is 13.4. The molecule has 3 aromatic rings. The number of fused-ring (bicyclic) bond motifs is 1. The van der Waals surface area contributed by atoms with Crippen LogP contribution in [-0.2, 0) is 0 Å². The highest BCUT2D eigenvalue weighted by atomic mass is 19.1. The fourth-order valence-corrected chi connectivity index (χ4v) is 4.29. The number of hydrogen-bond donors (Lipinski definition) is 3. The smallest absolute Gasteiger partial charge is 0.319 e. The van der Waals surface area contributed by atoms with Crippen molar-refractivity contribution in [2.45, 2.75) is 38.6 Å². The molecule has 1 heterocycles. The number of nitrogens with one attached hydrogen (secondary N) is 3. The number of benzene rings is 2. The molecule has 0 unspecified atom stereocenters. The molecule has 0 spiro atoms. The van der Waals surface area contributed by atoms with Crippen LogP contribution in [0, 0.1) is 18.7 Å². The maximum Gasteiger partial charge on any atom is 0.319 e. The van der Waals surface area contributed by atoms with E-state index >= 15 is 0 Å². The molecule has 2 aromatic carbocycles. The molecule has 0 bridgehead atoms. The first-order chi connectivity index (χ1) is 15.9. The van der Waals surface area contributed by atoms with E-state index in [1.807, 2.05) is 50.2 Å². The normalized spacial score (nSPS) is 18.1. The Labute approximate surface area is 193 Å². The van der Waals surface area contributed by atoms with E-state index in [2.05, 4.69) is 16.0 Å². The van der Waals surface area contributed by atoms with Gasteiger partial charge in [0.25, 0.3) is 0 Å². The number of rotatable bonds is 6. The molecule has 1 saturated carbocycles. The first-order valence-electron chi connectivity index (χ1n) is 11.4. The molecule has 0 radical (unpaired) electrons. The van der Waals surface area contributed by atoms with Crippen LogP contribution in [0.1, 0.15) is 31.2 Å². The molecule has 1 aromatic heterocycles. The molecule has 0 atom stereocenters. The summed E-state index contributed by atoms with van der Waals surface area (Å²) in [7, 11) is 3.98. The number of carbonyl (C=O) groups excluding carboxylic acids is 1. The Morgan fingerprint density at radius 1 is 1.09 bits per heavy atom. The maximum atomic E-state index is 13.4. The van der Waals surface area contributed by atoms with Crippen molar-refractivity contribution in [1.82, 2.24) is 15.3 Å². The van der Waals surface area contributed by atoms with E-state index in [-0.39, 0.29) is 11.8 Å². The number of carbonyl (C=O) groups is 1. The molecular weight excluding hydrogens is 419 g/mol. The van der Waals surface area contributed by atoms with Crippen molar-refractivity contribution in [2.24, 2.45) is 5.92 Å². The third kappa shape index (κ3) is 5.69. The lowest BCUT2D eigenvalue weighted by Crippen LogP contribution is -2.36. The number of para-hydroxylation sites is 1. The van der Waals surface area contributed by atoms with Gasteiger partial charge in [-0.05, 0) is 68.4 Å².